The van der Waals surface area contributed by atoms with Crippen molar-refractivity contribution in [3.05, 3.63) is 0 Å². The maximum absolute atomic E-state index is 6.02. The van der Waals surface area contributed by atoms with Crippen molar-refractivity contribution in [2.24, 2.45) is 5.73 Å². The summed E-state index contributed by atoms with van der Waals surface area (Å²) in [6.45, 7) is 20.8. The predicted molar refractivity (Wildman–Crippen MR) is 129 cm³/mol. The van der Waals surface area contributed by atoms with Crippen molar-refractivity contribution in [3.63, 3.8) is 0 Å². The summed E-state index contributed by atoms with van der Waals surface area (Å²) in [5, 5.41) is 0. The summed E-state index contributed by atoms with van der Waals surface area (Å²) in [5.41, 5.74) is 5.43. The highest BCUT2D eigenvalue weighted by Crippen LogP contribution is 2.06. The van der Waals surface area contributed by atoms with Crippen molar-refractivity contribution < 1.29 is 12.3 Å². The SMILES string of the molecule is C[Si](C)(C)O[SiH3].C[Si](C)(C)O[SiH3].C[Si](C)(C)O[SiH]([SiH3])CCCN. The first-order valence-electron chi connectivity index (χ1n) is 8.56. The molecule has 0 amide bonds. The lowest BCUT2D eigenvalue weighted by atomic mass is 10.5. The smallest absolute Gasteiger partial charge is 0.169 e. The minimum absolute atomic E-state index is 0.724. The lowest BCUT2D eigenvalue weighted by Crippen LogP contribution is -2.35. The van der Waals surface area contributed by atoms with Gasteiger partial charge in [0.1, 0.15) is 29.5 Å². The van der Waals surface area contributed by atoms with E-state index in [0.717, 1.165) is 27.5 Å². The second-order valence-corrected chi connectivity index (χ2v) is 31.6. The molecule has 144 valence electrons. The molecular formula is C12H45NO3Si7. The zero-order chi connectivity index (χ0) is 19.3. The van der Waals surface area contributed by atoms with Gasteiger partial charge in [0.2, 0.25) is 0 Å². The summed E-state index contributed by atoms with van der Waals surface area (Å²) < 4.78 is 16.5. The highest BCUT2D eigenvalue weighted by molar-refractivity contribution is 7.03. The third kappa shape index (κ3) is 39.8. The van der Waals surface area contributed by atoms with E-state index in [-0.39, 0.29) is 0 Å². The lowest BCUT2D eigenvalue weighted by Gasteiger charge is -2.22. The first kappa shape index (κ1) is 29.1. The van der Waals surface area contributed by atoms with Gasteiger partial charge in [0.15, 0.2) is 25.0 Å². The Kier molecular flexibility index (Phi) is 18.4. The molecule has 0 aromatic carbocycles. The summed E-state index contributed by atoms with van der Waals surface area (Å²) >= 11 is 0. The highest BCUT2D eigenvalue weighted by Gasteiger charge is 2.17. The van der Waals surface area contributed by atoms with Crippen LogP contribution >= 0.6 is 0 Å². The zero-order valence-electron chi connectivity index (χ0n) is 18.0. The Morgan fingerprint density at radius 1 is 0.783 bits per heavy atom. The van der Waals surface area contributed by atoms with Crippen molar-refractivity contribution in [3.8, 4) is 0 Å². The fourth-order valence-electron chi connectivity index (χ4n) is 1.07. The van der Waals surface area contributed by atoms with Crippen molar-refractivity contribution in [2.45, 2.75) is 71.4 Å². The van der Waals surface area contributed by atoms with Crippen LogP contribution in [0, 0.1) is 0 Å². The molecule has 0 spiro atoms. The molecule has 11 heteroatoms. The van der Waals surface area contributed by atoms with Crippen LogP contribution in [0.4, 0.5) is 0 Å². The first-order chi connectivity index (χ1) is 10.1. The Morgan fingerprint density at radius 2 is 1.09 bits per heavy atom. The number of rotatable bonds is 7. The van der Waals surface area contributed by atoms with Crippen molar-refractivity contribution in [1.29, 1.82) is 0 Å². The zero-order valence-corrected chi connectivity index (χ0v) is 28.2. The third-order valence-electron chi connectivity index (χ3n) is 2.59. The monoisotopic (exact) mass is 447 g/mol. The van der Waals surface area contributed by atoms with Gasteiger partial charge in [0, 0.05) is 9.76 Å². The highest BCUT2D eigenvalue weighted by atomic mass is 29.2. The largest absolute Gasteiger partial charge is 0.464 e. The Bertz CT molecular complexity index is 251. The van der Waals surface area contributed by atoms with Gasteiger partial charge in [-0.05, 0) is 77.9 Å². The predicted octanol–water partition coefficient (Wildman–Crippen LogP) is 0.00920. The molecule has 0 fully saturated rings. The summed E-state index contributed by atoms with van der Waals surface area (Å²) in [4.78, 5) is 0. The molecule has 0 aliphatic rings. The van der Waals surface area contributed by atoms with Gasteiger partial charge in [-0.2, -0.15) is 0 Å². The second-order valence-electron chi connectivity index (χ2n) is 8.60. The van der Waals surface area contributed by atoms with E-state index in [1.54, 1.807) is 0 Å². The van der Waals surface area contributed by atoms with Gasteiger partial charge in [0.05, 0.1) is 0 Å². The molecular weight excluding hydrogens is 403 g/mol. The summed E-state index contributed by atoms with van der Waals surface area (Å²) in [7, 11) is -0.978. The molecule has 1 atom stereocenters. The molecule has 0 aromatic heterocycles. The molecule has 0 aliphatic heterocycles. The normalized spacial score (nSPS) is 13.8. The molecule has 0 bridgehead atoms. The molecule has 23 heavy (non-hydrogen) atoms. The average molecular weight is 448 g/mol. The Hall–Kier alpha value is 1.36. The minimum Gasteiger partial charge on any atom is -0.464 e. The van der Waals surface area contributed by atoms with E-state index in [1.165, 1.54) is 22.2 Å². The average Bonchev–Trinajstić information content (AvgIpc) is 2.34. The lowest BCUT2D eigenvalue weighted by molar-refractivity contribution is 0.583. The van der Waals surface area contributed by atoms with Gasteiger partial charge in [-0.25, -0.2) is 0 Å². The van der Waals surface area contributed by atoms with Gasteiger partial charge < -0.3 is 18.1 Å². The third-order valence-corrected chi connectivity index (χ3v) is 21.9. The molecule has 1 unspecified atom stereocenters. The van der Waals surface area contributed by atoms with E-state index < -0.39 is 33.5 Å². The number of hydrogen-bond acceptors (Lipinski definition) is 4. The molecule has 0 rings (SSSR count). The fourth-order valence-corrected chi connectivity index (χ4v) is 14.8. The van der Waals surface area contributed by atoms with Crippen LogP contribution < -0.4 is 5.73 Å². The van der Waals surface area contributed by atoms with Crippen LogP contribution in [0.25, 0.3) is 0 Å². The molecule has 4 nitrogen and oxygen atoms in total. The van der Waals surface area contributed by atoms with Gasteiger partial charge in [-0.15, -0.1) is 0 Å². The molecule has 0 aromatic rings. The Morgan fingerprint density at radius 3 is 1.26 bits per heavy atom. The fraction of sp³-hybridized carbons (Fsp3) is 1.00. The van der Waals surface area contributed by atoms with Crippen LogP contribution in [0.5, 0.6) is 0 Å². The summed E-state index contributed by atoms with van der Waals surface area (Å²) in [6, 6.07) is 1.30. The minimum atomic E-state index is -1.21. The quantitative estimate of drug-likeness (QED) is 0.558. The van der Waals surface area contributed by atoms with Crippen LogP contribution in [0.3, 0.4) is 0 Å². The van der Waals surface area contributed by atoms with Gasteiger partial charge in [-0.3, -0.25) is 0 Å². The summed E-state index contributed by atoms with van der Waals surface area (Å²) in [6.07, 6.45) is 1.17. The van der Waals surface area contributed by atoms with Crippen LogP contribution in [-0.2, 0) is 12.3 Å². The van der Waals surface area contributed by atoms with E-state index in [1.807, 2.05) is 0 Å². The van der Waals surface area contributed by atoms with E-state index in [9.17, 15) is 0 Å². The molecule has 0 saturated carbocycles. The van der Waals surface area contributed by atoms with Gasteiger partial charge in [0.25, 0.3) is 0 Å². The maximum Gasteiger partial charge on any atom is 0.169 e. The van der Waals surface area contributed by atoms with Crippen LogP contribution in [0.15, 0.2) is 0 Å². The van der Waals surface area contributed by atoms with Gasteiger partial charge >= 0.3 is 0 Å². The van der Waals surface area contributed by atoms with Crippen LogP contribution in [-0.4, -0.2) is 70.8 Å². The van der Waals surface area contributed by atoms with Crippen molar-refractivity contribution in [2.75, 3.05) is 6.54 Å². The molecule has 0 radical (unpaired) electrons. The van der Waals surface area contributed by atoms with Crippen LogP contribution in [0.1, 0.15) is 6.42 Å². The maximum atomic E-state index is 6.02. The van der Waals surface area contributed by atoms with E-state index in [4.69, 9.17) is 18.1 Å². The molecule has 0 heterocycles. The van der Waals surface area contributed by atoms with E-state index >= 15 is 0 Å². The molecule has 0 aliphatic carbocycles. The van der Waals surface area contributed by atoms with Gasteiger partial charge in [-0.1, -0.05) is 0 Å². The number of hydrogen-bond donors (Lipinski definition) is 1. The molecule has 2 N–H and O–H groups in total. The topological polar surface area (TPSA) is 53.7 Å². The summed E-state index contributed by atoms with van der Waals surface area (Å²) in [5.74, 6) is 0. The molecule has 0 saturated heterocycles. The van der Waals surface area contributed by atoms with Crippen LogP contribution in [0.2, 0.25) is 65.0 Å². The first-order valence-corrected chi connectivity index (χ1v) is 26.3. The van der Waals surface area contributed by atoms with E-state index in [0.29, 0.717) is 0 Å². The van der Waals surface area contributed by atoms with Crippen molar-refractivity contribution >= 4 is 64.2 Å². The standard InChI is InChI=1S/C6H21NOSi3.2C3H12OSi2/c1-11(2,3)8-10(9)6-4-5-7;2*1-6(2,3)4-5/h10H,4-7H2,1-3,9H3;2*1-3,5H3. The number of nitrogens with two attached hydrogens (primary N) is 1. The van der Waals surface area contributed by atoms with Crippen molar-refractivity contribution in [1.82, 2.24) is 0 Å². The van der Waals surface area contributed by atoms with E-state index in [2.05, 4.69) is 58.9 Å². The second kappa shape index (κ2) is 14.5. The Balaban J connectivity index is -0.000000284. The Labute approximate surface area is 160 Å².